The maximum absolute atomic E-state index is 12.9. The van der Waals surface area contributed by atoms with E-state index in [1.807, 2.05) is 0 Å². The third-order valence-electron chi connectivity index (χ3n) is 4.66. The zero-order chi connectivity index (χ0) is 15.8. The van der Waals surface area contributed by atoms with Gasteiger partial charge in [0.2, 0.25) is 0 Å². The first-order valence-corrected chi connectivity index (χ1v) is 7.42. The van der Waals surface area contributed by atoms with Crippen molar-refractivity contribution in [2.75, 3.05) is 51.1 Å². The second kappa shape index (κ2) is 5.55. The van der Waals surface area contributed by atoms with E-state index in [1.54, 1.807) is 0 Å². The minimum absolute atomic E-state index is 0.158. The Kier molecular flexibility index (Phi) is 3.86. The average Bonchev–Trinajstić information content (AvgIpc) is 2.48. The van der Waals surface area contributed by atoms with Gasteiger partial charge in [-0.15, -0.1) is 0 Å². The van der Waals surface area contributed by atoms with Crippen LogP contribution in [0.1, 0.15) is 5.56 Å². The Morgan fingerprint density at radius 2 is 1.73 bits per heavy atom. The Bertz CT molecular complexity index is 552. The monoisotopic (exact) mass is 314 g/mol. The Morgan fingerprint density at radius 3 is 2.32 bits per heavy atom. The van der Waals surface area contributed by atoms with Crippen molar-refractivity contribution in [3.05, 3.63) is 29.8 Å². The molecule has 0 radical (unpaired) electrons. The number of carbonyl (C=O) groups is 1. The summed E-state index contributed by atoms with van der Waals surface area (Å²) in [5, 5.41) is 2.45. The van der Waals surface area contributed by atoms with Gasteiger partial charge in [0.15, 0.2) is 6.54 Å². The molecule has 0 unspecified atom stereocenters. The van der Waals surface area contributed by atoms with E-state index in [1.165, 1.54) is 18.2 Å². The molecule has 1 N–H and O–H groups in total. The van der Waals surface area contributed by atoms with Gasteiger partial charge in [0.05, 0.1) is 30.9 Å². The lowest BCUT2D eigenvalue weighted by molar-refractivity contribution is -0.933. The van der Waals surface area contributed by atoms with Crippen LogP contribution in [0.3, 0.4) is 0 Å². The third kappa shape index (κ3) is 3.10. The van der Waals surface area contributed by atoms with Crippen LogP contribution in [-0.4, -0.2) is 61.1 Å². The number of quaternary nitrogens is 1. The highest BCUT2D eigenvalue weighted by Crippen LogP contribution is 2.34. The van der Waals surface area contributed by atoms with E-state index in [9.17, 15) is 18.0 Å². The summed E-state index contributed by atoms with van der Waals surface area (Å²) >= 11 is 0. The van der Waals surface area contributed by atoms with Gasteiger partial charge in [-0.3, -0.25) is 9.69 Å². The Balaban J connectivity index is 1.70. The highest BCUT2D eigenvalue weighted by Gasteiger charge is 2.40. The maximum Gasteiger partial charge on any atom is 0.418 e. The SMILES string of the molecule is O=C(C[N+]12CCN(CC1)CC2)Nc1ccccc1C(F)(F)F. The quantitative estimate of drug-likeness (QED) is 0.863. The van der Waals surface area contributed by atoms with Gasteiger partial charge in [0, 0.05) is 19.6 Å². The number of fused-ring (bicyclic) bond motifs is 3. The first-order valence-electron chi connectivity index (χ1n) is 7.42. The van der Waals surface area contributed by atoms with Crippen molar-refractivity contribution in [1.82, 2.24) is 4.90 Å². The number of carbonyl (C=O) groups excluding carboxylic acids is 1. The molecule has 0 atom stereocenters. The second-order valence-corrected chi connectivity index (χ2v) is 6.10. The Labute approximate surface area is 127 Å². The molecule has 1 amide bonds. The van der Waals surface area contributed by atoms with Gasteiger partial charge in [-0.05, 0) is 12.1 Å². The lowest BCUT2D eigenvalue weighted by Crippen LogP contribution is -2.68. The summed E-state index contributed by atoms with van der Waals surface area (Å²) in [7, 11) is 0. The van der Waals surface area contributed by atoms with Crippen molar-refractivity contribution in [3.8, 4) is 0 Å². The molecule has 1 aromatic rings. The van der Waals surface area contributed by atoms with E-state index in [0.29, 0.717) is 4.48 Å². The molecule has 0 spiro atoms. The third-order valence-corrected chi connectivity index (χ3v) is 4.66. The molecule has 3 saturated heterocycles. The molecule has 0 aromatic heterocycles. The van der Waals surface area contributed by atoms with Gasteiger partial charge in [-0.2, -0.15) is 13.2 Å². The molecular weight excluding hydrogens is 295 g/mol. The molecule has 1 aromatic carbocycles. The van der Waals surface area contributed by atoms with Crippen LogP contribution in [0.25, 0.3) is 0 Å². The van der Waals surface area contributed by atoms with Crippen LogP contribution in [0.2, 0.25) is 0 Å². The summed E-state index contributed by atoms with van der Waals surface area (Å²) in [6.45, 7) is 5.84. The molecular formula is C15H19F3N3O+. The van der Waals surface area contributed by atoms with Gasteiger partial charge < -0.3 is 9.80 Å². The number of piperazine rings is 3. The molecule has 0 aliphatic carbocycles. The normalized spacial score (nSPS) is 27.7. The molecule has 4 rings (SSSR count). The lowest BCUT2D eigenvalue weighted by Gasteiger charge is -2.50. The van der Waals surface area contributed by atoms with Crippen LogP contribution in [0, 0.1) is 0 Å². The number of halogens is 3. The number of hydrogen-bond donors (Lipinski definition) is 1. The number of anilines is 1. The zero-order valence-electron chi connectivity index (χ0n) is 12.2. The van der Waals surface area contributed by atoms with E-state index in [0.717, 1.165) is 45.3 Å². The number of hydrogen-bond acceptors (Lipinski definition) is 2. The first kappa shape index (κ1) is 15.3. The molecule has 3 heterocycles. The van der Waals surface area contributed by atoms with Gasteiger partial charge >= 0.3 is 6.18 Å². The van der Waals surface area contributed by atoms with Crippen LogP contribution < -0.4 is 5.32 Å². The number of alkyl halides is 3. The van der Waals surface area contributed by atoms with E-state index in [2.05, 4.69) is 10.2 Å². The fraction of sp³-hybridized carbons (Fsp3) is 0.533. The molecule has 2 bridgehead atoms. The highest BCUT2D eigenvalue weighted by molar-refractivity contribution is 5.92. The van der Waals surface area contributed by atoms with Crippen molar-refractivity contribution < 1.29 is 22.4 Å². The van der Waals surface area contributed by atoms with Crippen LogP contribution in [0.15, 0.2) is 24.3 Å². The maximum atomic E-state index is 12.9. The Hall–Kier alpha value is -1.60. The lowest BCUT2D eigenvalue weighted by atomic mass is 10.1. The number of nitrogens with zero attached hydrogens (tertiary/aromatic N) is 2. The van der Waals surface area contributed by atoms with Gasteiger partial charge in [0.1, 0.15) is 0 Å². The molecule has 7 heteroatoms. The van der Waals surface area contributed by atoms with Crippen molar-refractivity contribution in [2.45, 2.75) is 6.18 Å². The minimum Gasteiger partial charge on any atom is -0.321 e. The summed E-state index contributed by atoms with van der Waals surface area (Å²) in [4.78, 5) is 14.6. The summed E-state index contributed by atoms with van der Waals surface area (Å²) in [5.41, 5.74) is -0.958. The summed E-state index contributed by atoms with van der Waals surface area (Å²) in [5.74, 6) is -0.341. The van der Waals surface area contributed by atoms with E-state index >= 15 is 0 Å². The second-order valence-electron chi connectivity index (χ2n) is 6.10. The number of rotatable bonds is 3. The molecule has 120 valence electrons. The highest BCUT2D eigenvalue weighted by atomic mass is 19.4. The molecule has 3 aliphatic rings. The molecule has 3 fully saturated rings. The summed E-state index contributed by atoms with van der Waals surface area (Å²) in [6, 6.07) is 5.11. The Morgan fingerprint density at radius 1 is 1.14 bits per heavy atom. The molecule has 22 heavy (non-hydrogen) atoms. The van der Waals surface area contributed by atoms with Crippen molar-refractivity contribution >= 4 is 11.6 Å². The van der Waals surface area contributed by atoms with Crippen LogP contribution in [-0.2, 0) is 11.0 Å². The average molecular weight is 314 g/mol. The molecule has 4 nitrogen and oxygen atoms in total. The first-order chi connectivity index (χ1) is 10.4. The van der Waals surface area contributed by atoms with Crippen LogP contribution >= 0.6 is 0 Å². The summed E-state index contributed by atoms with van der Waals surface area (Å²) < 4.78 is 39.5. The van der Waals surface area contributed by atoms with E-state index in [-0.39, 0.29) is 18.1 Å². The number of nitrogens with one attached hydrogen (secondary N) is 1. The largest absolute Gasteiger partial charge is 0.418 e. The van der Waals surface area contributed by atoms with Crippen LogP contribution in [0.5, 0.6) is 0 Å². The number of amides is 1. The van der Waals surface area contributed by atoms with Crippen LogP contribution in [0.4, 0.5) is 18.9 Å². The minimum atomic E-state index is -4.47. The standard InChI is InChI=1S/C15H18F3N3O/c16-15(17,18)12-3-1-2-4-13(12)19-14(22)11-21-8-5-20(6-9-21)7-10-21/h1-4H,5-11H2/p+1. The smallest absolute Gasteiger partial charge is 0.321 e. The van der Waals surface area contributed by atoms with E-state index < -0.39 is 11.7 Å². The fourth-order valence-electron chi connectivity index (χ4n) is 3.30. The predicted octanol–water partition coefficient (Wildman–Crippen LogP) is 1.79. The van der Waals surface area contributed by atoms with Gasteiger partial charge in [-0.1, -0.05) is 12.1 Å². The molecule has 3 aliphatic heterocycles. The zero-order valence-corrected chi connectivity index (χ0v) is 12.2. The topological polar surface area (TPSA) is 32.3 Å². The number of benzene rings is 1. The fourth-order valence-corrected chi connectivity index (χ4v) is 3.30. The van der Waals surface area contributed by atoms with Crippen molar-refractivity contribution in [2.24, 2.45) is 0 Å². The van der Waals surface area contributed by atoms with E-state index in [4.69, 9.17) is 0 Å². The summed E-state index contributed by atoms with van der Waals surface area (Å²) in [6.07, 6.45) is -4.47. The van der Waals surface area contributed by atoms with Crippen molar-refractivity contribution in [1.29, 1.82) is 0 Å². The molecule has 0 saturated carbocycles. The number of para-hydroxylation sites is 1. The van der Waals surface area contributed by atoms with Gasteiger partial charge in [-0.25, -0.2) is 0 Å². The van der Waals surface area contributed by atoms with Crippen molar-refractivity contribution in [3.63, 3.8) is 0 Å². The van der Waals surface area contributed by atoms with Gasteiger partial charge in [0.25, 0.3) is 5.91 Å². The predicted molar refractivity (Wildman–Crippen MR) is 76.2 cm³/mol.